The van der Waals surface area contributed by atoms with Gasteiger partial charge in [0.25, 0.3) is 0 Å². The van der Waals surface area contributed by atoms with Gasteiger partial charge in [-0.2, -0.15) is 0 Å². The number of hydrogen-bond donors (Lipinski definition) is 1. The van der Waals surface area contributed by atoms with Crippen LogP contribution >= 0.6 is 23.2 Å². The maximum absolute atomic E-state index is 12.2. The van der Waals surface area contributed by atoms with Crippen molar-refractivity contribution in [1.29, 1.82) is 0 Å². The summed E-state index contributed by atoms with van der Waals surface area (Å²) in [6, 6.07) is 19.6. The Balaban J connectivity index is 1.25. The highest BCUT2D eigenvalue weighted by molar-refractivity contribution is 6.32. The number of carbonyl (C=O) groups excluding carboxylic acids is 1. The van der Waals surface area contributed by atoms with Crippen LogP contribution in [-0.4, -0.2) is 28.6 Å². The third kappa shape index (κ3) is 7.50. The maximum Gasteiger partial charge on any atom is 0.224 e. The Morgan fingerprint density at radius 1 is 0.973 bits per heavy atom. The zero-order chi connectivity index (χ0) is 26.2. The minimum absolute atomic E-state index is 0.0372. The maximum atomic E-state index is 12.2. The average molecular weight is 539 g/mol. The number of carbonyl (C=O) groups is 1. The highest BCUT2D eigenvalue weighted by atomic mass is 35.5. The van der Waals surface area contributed by atoms with Gasteiger partial charge in [-0.3, -0.25) is 4.79 Å². The van der Waals surface area contributed by atoms with Crippen LogP contribution in [0.25, 0.3) is 11.0 Å². The molecule has 194 valence electrons. The van der Waals surface area contributed by atoms with Crippen molar-refractivity contribution >= 4 is 40.1 Å². The Labute approximate surface area is 228 Å². The summed E-state index contributed by atoms with van der Waals surface area (Å²) in [4.78, 5) is 17.1. The second-order valence-electron chi connectivity index (χ2n) is 9.35. The van der Waals surface area contributed by atoms with Crippen molar-refractivity contribution in [3.63, 3.8) is 0 Å². The topological polar surface area (TPSA) is 56.1 Å². The van der Waals surface area contributed by atoms with Gasteiger partial charge in [0.2, 0.25) is 5.91 Å². The zero-order valence-electron chi connectivity index (χ0n) is 21.4. The van der Waals surface area contributed by atoms with Gasteiger partial charge in [0.15, 0.2) is 0 Å². The first-order valence-corrected chi connectivity index (χ1v) is 13.5. The smallest absolute Gasteiger partial charge is 0.224 e. The minimum atomic E-state index is 0.0372. The number of nitrogens with one attached hydrogen (secondary N) is 1. The molecule has 0 aliphatic rings. The molecule has 0 aliphatic carbocycles. The number of aromatic nitrogens is 2. The van der Waals surface area contributed by atoms with E-state index in [1.165, 1.54) is 0 Å². The number of para-hydroxylation sites is 2. The summed E-state index contributed by atoms with van der Waals surface area (Å²) in [5, 5.41) is 4.48. The van der Waals surface area contributed by atoms with Gasteiger partial charge >= 0.3 is 0 Å². The van der Waals surface area contributed by atoms with Gasteiger partial charge < -0.3 is 14.6 Å². The fourth-order valence-corrected chi connectivity index (χ4v) is 4.71. The first-order valence-electron chi connectivity index (χ1n) is 12.8. The first kappa shape index (κ1) is 27.0. The lowest BCUT2D eigenvalue weighted by molar-refractivity contribution is -0.120. The van der Waals surface area contributed by atoms with Crippen molar-refractivity contribution in [2.45, 2.75) is 52.5 Å². The summed E-state index contributed by atoms with van der Waals surface area (Å²) in [6.45, 7) is 5.94. The molecular formula is C30H33Cl2N3O2. The molecule has 37 heavy (non-hydrogen) atoms. The van der Waals surface area contributed by atoms with E-state index in [1.807, 2.05) is 62.4 Å². The lowest BCUT2D eigenvalue weighted by atomic mass is 10.1. The molecule has 0 saturated carbocycles. The standard InChI is InChI=1S/C30H33Cl2N3O2/c1-21-18-25(19-22(2)30(21)32)37-17-16-35-27-9-6-5-8-26(27)34-28(35)10-4-3-7-15-33-29(36)20-23-11-13-24(31)14-12-23/h5-6,8-9,11-14,18-19H,3-4,7,10,15-17,20H2,1-2H3,(H,33,36). The van der Waals surface area contributed by atoms with Gasteiger partial charge in [-0.15, -0.1) is 0 Å². The highest BCUT2D eigenvalue weighted by Gasteiger charge is 2.11. The van der Waals surface area contributed by atoms with Gasteiger partial charge in [-0.1, -0.05) is 53.9 Å². The molecule has 0 aliphatic heterocycles. The van der Waals surface area contributed by atoms with Crippen molar-refractivity contribution < 1.29 is 9.53 Å². The molecule has 1 amide bonds. The number of hydrogen-bond acceptors (Lipinski definition) is 3. The molecule has 0 atom stereocenters. The quantitative estimate of drug-likeness (QED) is 0.196. The number of benzene rings is 3. The van der Waals surface area contributed by atoms with E-state index < -0.39 is 0 Å². The molecule has 1 heterocycles. The van der Waals surface area contributed by atoms with Crippen LogP contribution in [-0.2, 0) is 24.2 Å². The van der Waals surface area contributed by atoms with Crippen molar-refractivity contribution in [3.05, 3.63) is 93.2 Å². The van der Waals surface area contributed by atoms with E-state index in [-0.39, 0.29) is 5.91 Å². The lowest BCUT2D eigenvalue weighted by Gasteiger charge is -2.13. The molecule has 4 aromatic rings. The number of ether oxygens (including phenoxy) is 1. The largest absolute Gasteiger partial charge is 0.492 e. The molecule has 0 fully saturated rings. The molecule has 4 rings (SSSR count). The molecular weight excluding hydrogens is 505 g/mol. The second kappa shape index (κ2) is 13.0. The van der Waals surface area contributed by atoms with Crippen molar-refractivity contribution in [2.24, 2.45) is 0 Å². The number of rotatable bonds is 12. The summed E-state index contributed by atoms with van der Waals surface area (Å²) in [6.07, 6.45) is 4.22. The Kier molecular flexibility index (Phi) is 9.48. The van der Waals surface area contributed by atoms with E-state index in [9.17, 15) is 4.79 Å². The van der Waals surface area contributed by atoms with Gasteiger partial charge in [0.1, 0.15) is 18.2 Å². The predicted molar refractivity (Wildman–Crippen MR) is 152 cm³/mol. The molecule has 0 bridgehead atoms. The van der Waals surface area contributed by atoms with Crippen LogP contribution < -0.4 is 10.1 Å². The number of imidazole rings is 1. The van der Waals surface area contributed by atoms with Gasteiger partial charge in [0, 0.05) is 23.0 Å². The number of amides is 1. The van der Waals surface area contributed by atoms with E-state index in [0.29, 0.717) is 24.6 Å². The summed E-state index contributed by atoms with van der Waals surface area (Å²) in [5.74, 6) is 1.94. The van der Waals surface area contributed by atoms with Crippen molar-refractivity contribution in [3.8, 4) is 5.75 Å². The van der Waals surface area contributed by atoms with Crippen molar-refractivity contribution in [2.75, 3.05) is 13.2 Å². The minimum Gasteiger partial charge on any atom is -0.492 e. The Morgan fingerprint density at radius 2 is 1.70 bits per heavy atom. The number of fused-ring (bicyclic) bond motifs is 1. The fourth-order valence-electron chi connectivity index (χ4n) is 4.47. The summed E-state index contributed by atoms with van der Waals surface area (Å²) < 4.78 is 8.34. The molecule has 0 saturated heterocycles. The van der Waals surface area contributed by atoms with Gasteiger partial charge in [0.05, 0.1) is 24.0 Å². The molecule has 5 nitrogen and oxygen atoms in total. The monoisotopic (exact) mass is 537 g/mol. The van der Waals surface area contributed by atoms with Crippen LogP contribution in [0.15, 0.2) is 60.7 Å². The third-order valence-corrected chi connectivity index (χ3v) is 7.25. The molecule has 1 aromatic heterocycles. The second-order valence-corrected chi connectivity index (χ2v) is 10.2. The number of halogens is 2. The van der Waals surface area contributed by atoms with E-state index >= 15 is 0 Å². The normalized spacial score (nSPS) is 11.1. The van der Waals surface area contributed by atoms with Crippen LogP contribution in [0, 0.1) is 13.8 Å². The Bertz CT molecular complexity index is 1330. The van der Waals surface area contributed by atoms with E-state index in [4.69, 9.17) is 32.9 Å². The molecule has 1 N–H and O–H groups in total. The summed E-state index contributed by atoms with van der Waals surface area (Å²) in [7, 11) is 0. The highest BCUT2D eigenvalue weighted by Crippen LogP contribution is 2.26. The van der Waals surface area contributed by atoms with E-state index in [2.05, 4.69) is 22.0 Å². The number of aryl methyl sites for hydroxylation is 3. The van der Waals surface area contributed by atoms with E-state index in [0.717, 1.165) is 76.5 Å². The lowest BCUT2D eigenvalue weighted by Crippen LogP contribution is -2.26. The SMILES string of the molecule is Cc1cc(OCCn2c(CCCCCNC(=O)Cc3ccc(Cl)cc3)nc3ccccc32)cc(C)c1Cl. The summed E-state index contributed by atoms with van der Waals surface area (Å²) >= 11 is 12.2. The molecule has 0 unspecified atom stereocenters. The summed E-state index contributed by atoms with van der Waals surface area (Å²) in [5.41, 5.74) is 5.13. The van der Waals surface area contributed by atoms with Gasteiger partial charge in [-0.25, -0.2) is 4.98 Å². The fraction of sp³-hybridized carbons (Fsp3) is 0.333. The zero-order valence-corrected chi connectivity index (χ0v) is 22.9. The molecule has 0 radical (unpaired) electrons. The van der Waals surface area contributed by atoms with Gasteiger partial charge in [-0.05, 0) is 79.8 Å². The Morgan fingerprint density at radius 3 is 2.46 bits per heavy atom. The predicted octanol–water partition coefficient (Wildman–Crippen LogP) is 7.11. The molecule has 0 spiro atoms. The first-order chi connectivity index (χ1) is 17.9. The van der Waals surface area contributed by atoms with Crippen molar-refractivity contribution in [1.82, 2.24) is 14.9 Å². The number of nitrogens with zero attached hydrogens (tertiary/aromatic N) is 2. The third-order valence-electron chi connectivity index (χ3n) is 6.40. The van der Waals surface area contributed by atoms with Crippen LogP contribution in [0.1, 0.15) is 41.8 Å². The Hall–Kier alpha value is -3.02. The van der Waals surface area contributed by atoms with Crippen LogP contribution in [0.5, 0.6) is 5.75 Å². The van der Waals surface area contributed by atoms with E-state index in [1.54, 1.807) is 0 Å². The number of unbranched alkanes of at least 4 members (excludes halogenated alkanes) is 2. The van der Waals surface area contributed by atoms with Crippen LogP contribution in [0.4, 0.5) is 0 Å². The molecule has 7 heteroatoms. The van der Waals surface area contributed by atoms with Crippen LogP contribution in [0.3, 0.4) is 0 Å². The average Bonchev–Trinajstić information content (AvgIpc) is 3.23. The molecule has 3 aromatic carbocycles. The van der Waals surface area contributed by atoms with Crippen LogP contribution in [0.2, 0.25) is 10.0 Å².